The molecule has 1 aliphatic carbocycles. The van der Waals surface area contributed by atoms with E-state index in [4.69, 9.17) is 16.4 Å². The Labute approximate surface area is 141 Å². The van der Waals surface area contributed by atoms with Crippen LogP contribution in [0.1, 0.15) is 46.0 Å². The van der Waals surface area contributed by atoms with E-state index in [1.54, 1.807) is 6.20 Å². The lowest BCUT2D eigenvalue weighted by Gasteiger charge is -2.22. The molecule has 0 radical (unpaired) electrons. The maximum absolute atomic E-state index is 8.58. The van der Waals surface area contributed by atoms with Crippen molar-refractivity contribution in [3.63, 3.8) is 0 Å². The van der Waals surface area contributed by atoms with Crippen LogP contribution in [0.25, 0.3) is 0 Å². The van der Waals surface area contributed by atoms with Gasteiger partial charge >= 0.3 is 0 Å². The molecule has 1 aliphatic rings. The van der Waals surface area contributed by atoms with Crippen LogP contribution in [-0.2, 0) is 4.79 Å². The van der Waals surface area contributed by atoms with E-state index in [0.717, 1.165) is 22.8 Å². The predicted molar refractivity (Wildman–Crippen MR) is 93.6 cm³/mol. The summed E-state index contributed by atoms with van der Waals surface area (Å²) < 4.78 is 0.845. The van der Waals surface area contributed by atoms with E-state index < -0.39 is 0 Å². The van der Waals surface area contributed by atoms with Gasteiger partial charge in [0.15, 0.2) is 0 Å². The second-order valence-electron chi connectivity index (χ2n) is 4.50. The molecular formula is C15H25BrClN3O. The summed E-state index contributed by atoms with van der Waals surface area (Å²) in [7, 11) is 0. The summed E-state index contributed by atoms with van der Waals surface area (Å²) in [4.78, 5) is 12.9. The average Bonchev–Trinajstić information content (AvgIpc) is 2.52. The number of rotatable bonds is 3. The highest BCUT2D eigenvalue weighted by Gasteiger charge is 2.13. The molecule has 2 rings (SSSR count). The second kappa shape index (κ2) is 12.9. The molecule has 1 amide bonds. The van der Waals surface area contributed by atoms with Crippen molar-refractivity contribution in [3.05, 3.63) is 21.8 Å². The molecule has 0 aliphatic heterocycles. The van der Waals surface area contributed by atoms with Crippen LogP contribution in [0.15, 0.2) is 16.7 Å². The van der Waals surface area contributed by atoms with Crippen molar-refractivity contribution < 1.29 is 4.79 Å². The number of halogens is 2. The molecule has 0 unspecified atom stereocenters. The summed E-state index contributed by atoms with van der Waals surface area (Å²) in [6.45, 7) is 5.02. The third-order valence-corrected chi connectivity index (χ3v) is 4.28. The first-order valence-electron chi connectivity index (χ1n) is 7.37. The number of anilines is 1. The Morgan fingerprint density at radius 1 is 1.43 bits per heavy atom. The molecule has 21 heavy (non-hydrogen) atoms. The molecule has 0 bridgehead atoms. The maximum atomic E-state index is 8.58. The van der Waals surface area contributed by atoms with Gasteiger partial charge in [-0.2, -0.15) is 0 Å². The summed E-state index contributed by atoms with van der Waals surface area (Å²) in [5.74, 6) is 1.68. The van der Waals surface area contributed by atoms with Crippen LogP contribution in [0.5, 0.6) is 0 Å². The Morgan fingerprint density at radius 2 is 2.00 bits per heavy atom. The number of aromatic nitrogens is 1. The molecule has 120 valence electrons. The number of nitrogens with two attached hydrogens (primary N) is 1. The quantitative estimate of drug-likeness (QED) is 0.754. The fourth-order valence-corrected chi connectivity index (χ4v) is 2.52. The number of primary amides is 1. The fourth-order valence-electron chi connectivity index (χ4n) is 2.15. The maximum Gasteiger partial charge on any atom is 0.204 e. The summed E-state index contributed by atoms with van der Waals surface area (Å²) >= 11 is 9.34. The zero-order valence-corrected chi connectivity index (χ0v) is 15.1. The van der Waals surface area contributed by atoms with Crippen LogP contribution in [0.2, 0.25) is 5.02 Å². The summed E-state index contributed by atoms with van der Waals surface area (Å²) in [5.41, 5.74) is 4.17. The Balaban J connectivity index is 0.000000713. The molecule has 0 spiro atoms. The molecule has 4 nitrogen and oxygen atoms in total. The highest BCUT2D eigenvalue weighted by atomic mass is 79.9. The lowest BCUT2D eigenvalue weighted by Crippen LogP contribution is -2.17. The van der Waals surface area contributed by atoms with Crippen LogP contribution in [-0.4, -0.2) is 17.9 Å². The van der Waals surface area contributed by atoms with Gasteiger partial charge in [0.05, 0.1) is 9.50 Å². The van der Waals surface area contributed by atoms with Crippen LogP contribution in [0.4, 0.5) is 5.82 Å². The monoisotopic (exact) mass is 377 g/mol. The summed E-state index contributed by atoms with van der Waals surface area (Å²) in [6.07, 6.45) is 8.83. The van der Waals surface area contributed by atoms with Crippen LogP contribution in [0, 0.1) is 5.92 Å². The van der Waals surface area contributed by atoms with Crippen LogP contribution < -0.4 is 11.1 Å². The number of hydrogen-bond acceptors (Lipinski definition) is 3. The summed E-state index contributed by atoms with van der Waals surface area (Å²) in [6, 6.07) is 1.87. The van der Waals surface area contributed by atoms with E-state index >= 15 is 0 Å². The van der Waals surface area contributed by atoms with E-state index in [0.29, 0.717) is 5.02 Å². The van der Waals surface area contributed by atoms with Crippen LogP contribution >= 0.6 is 27.5 Å². The van der Waals surface area contributed by atoms with Gasteiger partial charge in [-0.05, 0) is 34.7 Å². The second-order valence-corrected chi connectivity index (χ2v) is 5.77. The van der Waals surface area contributed by atoms with E-state index in [9.17, 15) is 0 Å². The number of pyridine rings is 1. The average molecular weight is 379 g/mol. The SMILES string of the molecule is CC.Clc1cc(NCC2CCCCC2)ncc1Br.NC=O. The molecule has 6 heteroatoms. The van der Waals surface area contributed by atoms with Crippen molar-refractivity contribution in [2.45, 2.75) is 46.0 Å². The van der Waals surface area contributed by atoms with Crippen molar-refractivity contribution in [1.82, 2.24) is 4.98 Å². The van der Waals surface area contributed by atoms with Gasteiger partial charge in [0.2, 0.25) is 6.41 Å². The van der Waals surface area contributed by atoms with Gasteiger partial charge in [0.1, 0.15) is 5.82 Å². The first-order valence-corrected chi connectivity index (χ1v) is 8.54. The van der Waals surface area contributed by atoms with E-state index in [1.165, 1.54) is 32.1 Å². The van der Waals surface area contributed by atoms with Crippen molar-refractivity contribution >= 4 is 39.8 Å². The smallest absolute Gasteiger partial charge is 0.204 e. The third kappa shape index (κ3) is 8.94. The normalized spacial score (nSPS) is 14.1. The molecule has 0 atom stereocenters. The molecule has 1 heterocycles. The minimum absolute atomic E-state index is 0.250. The molecule has 1 fully saturated rings. The first-order chi connectivity index (χ1) is 10.2. The number of hydrogen-bond donors (Lipinski definition) is 2. The van der Waals surface area contributed by atoms with E-state index in [-0.39, 0.29) is 6.41 Å². The summed E-state index contributed by atoms with van der Waals surface area (Å²) in [5, 5.41) is 4.08. The molecule has 0 aromatic carbocycles. The Hall–Kier alpha value is -0.810. The predicted octanol–water partition coefficient (Wildman–Crippen LogP) is 4.62. The van der Waals surface area contributed by atoms with E-state index in [1.807, 2.05) is 19.9 Å². The van der Waals surface area contributed by atoms with Gasteiger partial charge in [-0.1, -0.05) is 44.7 Å². The number of amides is 1. The number of nitrogens with zero attached hydrogens (tertiary/aromatic N) is 1. The van der Waals surface area contributed by atoms with Gasteiger partial charge in [-0.3, -0.25) is 4.79 Å². The van der Waals surface area contributed by atoms with Crippen molar-refractivity contribution in [2.75, 3.05) is 11.9 Å². The molecule has 3 N–H and O–H groups in total. The molecule has 1 aromatic rings. The Morgan fingerprint density at radius 3 is 2.52 bits per heavy atom. The lowest BCUT2D eigenvalue weighted by molar-refractivity contribution is -0.106. The van der Waals surface area contributed by atoms with Gasteiger partial charge in [0, 0.05) is 18.8 Å². The minimum Gasteiger partial charge on any atom is -0.372 e. The zero-order chi connectivity index (χ0) is 16.1. The van der Waals surface area contributed by atoms with Crippen molar-refractivity contribution in [3.8, 4) is 0 Å². The number of nitrogens with one attached hydrogen (secondary N) is 1. The molecule has 0 saturated heterocycles. The number of carbonyl (C=O) groups is 1. The third-order valence-electron chi connectivity index (χ3n) is 3.11. The zero-order valence-electron chi connectivity index (χ0n) is 12.7. The van der Waals surface area contributed by atoms with Gasteiger partial charge in [-0.15, -0.1) is 0 Å². The Bertz CT molecular complexity index is 399. The van der Waals surface area contributed by atoms with Crippen molar-refractivity contribution in [2.24, 2.45) is 11.7 Å². The molecule has 1 saturated carbocycles. The largest absolute Gasteiger partial charge is 0.372 e. The first kappa shape index (κ1) is 20.2. The fraction of sp³-hybridized carbons (Fsp3) is 0.600. The van der Waals surface area contributed by atoms with Gasteiger partial charge in [-0.25, -0.2) is 4.98 Å². The van der Waals surface area contributed by atoms with E-state index in [2.05, 4.69) is 32.0 Å². The van der Waals surface area contributed by atoms with Gasteiger partial charge < -0.3 is 11.1 Å². The van der Waals surface area contributed by atoms with Gasteiger partial charge in [0.25, 0.3) is 0 Å². The topological polar surface area (TPSA) is 68.0 Å². The molecular weight excluding hydrogens is 354 g/mol. The lowest BCUT2D eigenvalue weighted by atomic mass is 9.89. The highest BCUT2D eigenvalue weighted by Crippen LogP contribution is 2.26. The standard InChI is InChI=1S/C12H16BrClN2.C2H6.CH3NO/c13-10-8-16-12(6-11(10)14)15-7-9-4-2-1-3-5-9;1-2;2-1-3/h6,8-9H,1-5,7H2,(H,15,16);1-2H3;1H,(H2,2,3). The number of carbonyl (C=O) groups excluding carboxylic acids is 1. The van der Waals surface area contributed by atoms with Crippen LogP contribution in [0.3, 0.4) is 0 Å². The molecule has 1 aromatic heterocycles. The minimum atomic E-state index is 0.250. The Kier molecular flexibility index (Phi) is 12.4. The van der Waals surface area contributed by atoms with Crippen molar-refractivity contribution in [1.29, 1.82) is 0 Å². The highest BCUT2D eigenvalue weighted by molar-refractivity contribution is 9.10.